The van der Waals surface area contributed by atoms with Crippen LogP contribution in [0.3, 0.4) is 0 Å². The lowest BCUT2D eigenvalue weighted by molar-refractivity contribution is -0.173. The molecule has 2 aromatic rings. The second-order valence-corrected chi connectivity index (χ2v) is 6.60. The number of amides is 1. The Balaban J connectivity index is 1.52. The number of fused-ring (bicyclic) bond motifs is 3. The minimum absolute atomic E-state index is 0.193. The van der Waals surface area contributed by atoms with Crippen molar-refractivity contribution >= 4 is 22.8 Å². The van der Waals surface area contributed by atoms with Gasteiger partial charge in [0.2, 0.25) is 0 Å². The summed E-state index contributed by atoms with van der Waals surface area (Å²) in [6.45, 7) is 1.27. The lowest BCUT2D eigenvalue weighted by Crippen LogP contribution is -2.57. The first-order chi connectivity index (χ1) is 11.6. The summed E-state index contributed by atoms with van der Waals surface area (Å²) in [7, 11) is 1.32. The van der Waals surface area contributed by atoms with Gasteiger partial charge in [-0.05, 0) is 43.4 Å². The van der Waals surface area contributed by atoms with Crippen LogP contribution in [-0.2, 0) is 9.47 Å². The lowest BCUT2D eigenvalue weighted by atomic mass is 9.67. The highest BCUT2D eigenvalue weighted by Crippen LogP contribution is 2.46. The number of nitrogens with zero attached hydrogens (tertiary/aromatic N) is 1. The molecular formula is C17H19N3O4. The van der Waals surface area contributed by atoms with Crippen LogP contribution in [0.1, 0.15) is 40.1 Å². The molecule has 1 saturated carbocycles. The van der Waals surface area contributed by atoms with Gasteiger partial charge < -0.3 is 14.8 Å². The molecule has 1 aromatic carbocycles. The Hall–Kier alpha value is -2.41. The number of H-pyrrole nitrogens is 1. The van der Waals surface area contributed by atoms with Crippen LogP contribution < -0.4 is 5.32 Å². The van der Waals surface area contributed by atoms with Crippen LogP contribution in [0.25, 0.3) is 10.9 Å². The number of hydrogen-bond acceptors (Lipinski definition) is 5. The molecule has 7 heteroatoms. The molecule has 126 valence electrons. The van der Waals surface area contributed by atoms with Gasteiger partial charge in [-0.3, -0.25) is 9.89 Å². The third-order valence-electron chi connectivity index (χ3n) is 5.03. The Morgan fingerprint density at radius 1 is 1.46 bits per heavy atom. The van der Waals surface area contributed by atoms with E-state index in [0.717, 1.165) is 31.8 Å². The van der Waals surface area contributed by atoms with Crippen LogP contribution in [0.15, 0.2) is 18.2 Å². The average molecular weight is 329 g/mol. The van der Waals surface area contributed by atoms with Crippen LogP contribution in [0, 0.1) is 5.92 Å². The first-order valence-electron chi connectivity index (χ1n) is 8.09. The van der Waals surface area contributed by atoms with Gasteiger partial charge in [0.05, 0.1) is 23.8 Å². The second kappa shape index (κ2) is 5.59. The Bertz CT molecular complexity index is 802. The number of methoxy groups -OCH3 is 1. The van der Waals surface area contributed by atoms with Crippen molar-refractivity contribution in [2.45, 2.75) is 24.9 Å². The summed E-state index contributed by atoms with van der Waals surface area (Å²) in [5.74, 6) is 0.0270. The van der Waals surface area contributed by atoms with E-state index >= 15 is 0 Å². The molecule has 1 aliphatic carbocycles. The van der Waals surface area contributed by atoms with E-state index in [9.17, 15) is 9.59 Å². The van der Waals surface area contributed by atoms with Crippen LogP contribution >= 0.6 is 0 Å². The third kappa shape index (κ3) is 2.45. The third-order valence-corrected chi connectivity index (χ3v) is 5.03. The molecule has 1 amide bonds. The number of esters is 1. The van der Waals surface area contributed by atoms with Gasteiger partial charge in [-0.15, -0.1) is 0 Å². The summed E-state index contributed by atoms with van der Waals surface area (Å²) >= 11 is 0. The summed E-state index contributed by atoms with van der Waals surface area (Å²) in [5.41, 5.74) is 1.17. The Morgan fingerprint density at radius 2 is 2.29 bits per heavy atom. The lowest BCUT2D eigenvalue weighted by Gasteiger charge is -2.52. The van der Waals surface area contributed by atoms with Crippen molar-refractivity contribution in [2.75, 3.05) is 20.3 Å². The van der Waals surface area contributed by atoms with Crippen molar-refractivity contribution in [1.29, 1.82) is 0 Å². The molecule has 0 unspecified atom stereocenters. The molecule has 2 bridgehead atoms. The van der Waals surface area contributed by atoms with Crippen molar-refractivity contribution in [3.63, 3.8) is 0 Å². The standard InChI is InChI=1S/C17H19N3O4/c1-23-16(22)11-2-3-13-12(6-11)14(20-19-13)15(21)18-9-17-7-10(8-17)4-5-24-17/h2-3,6,10H,4-5,7-9H2,1H3,(H,18,21)(H,19,20). The number of aromatic nitrogens is 2. The number of hydrogen-bond donors (Lipinski definition) is 2. The molecule has 3 heterocycles. The van der Waals surface area contributed by atoms with E-state index in [0.29, 0.717) is 23.0 Å². The minimum atomic E-state index is -0.445. The number of nitrogens with one attached hydrogen (secondary N) is 2. The first-order valence-corrected chi connectivity index (χ1v) is 8.09. The van der Waals surface area contributed by atoms with E-state index in [1.807, 2.05) is 0 Å². The molecule has 2 N–H and O–H groups in total. The number of aromatic amines is 1. The van der Waals surface area contributed by atoms with Gasteiger partial charge in [-0.1, -0.05) is 0 Å². The van der Waals surface area contributed by atoms with Gasteiger partial charge in [0.25, 0.3) is 5.91 Å². The Labute approximate surface area is 138 Å². The minimum Gasteiger partial charge on any atom is -0.465 e. The van der Waals surface area contributed by atoms with Crippen molar-refractivity contribution < 1.29 is 19.1 Å². The van der Waals surface area contributed by atoms with Crippen molar-refractivity contribution in [2.24, 2.45) is 5.92 Å². The van der Waals surface area contributed by atoms with E-state index in [4.69, 9.17) is 9.47 Å². The summed E-state index contributed by atoms with van der Waals surface area (Å²) in [6.07, 6.45) is 3.15. The highest BCUT2D eigenvalue weighted by Gasteiger charge is 2.48. The molecule has 2 saturated heterocycles. The molecule has 0 radical (unpaired) electrons. The molecule has 5 rings (SSSR count). The van der Waals surface area contributed by atoms with Gasteiger partial charge in [0.1, 0.15) is 0 Å². The molecule has 3 aliphatic rings. The molecule has 7 nitrogen and oxygen atoms in total. The highest BCUT2D eigenvalue weighted by atomic mass is 16.5. The van der Waals surface area contributed by atoms with Gasteiger partial charge in [-0.2, -0.15) is 5.10 Å². The van der Waals surface area contributed by atoms with Crippen molar-refractivity contribution in [3.8, 4) is 0 Å². The fraction of sp³-hybridized carbons (Fsp3) is 0.471. The smallest absolute Gasteiger partial charge is 0.337 e. The van der Waals surface area contributed by atoms with E-state index < -0.39 is 5.97 Å². The SMILES string of the molecule is COC(=O)c1ccc2[nH]nc(C(=O)NCC34CC(CCO3)C4)c2c1. The molecule has 3 fully saturated rings. The summed E-state index contributed by atoms with van der Waals surface area (Å²) in [6, 6.07) is 4.97. The summed E-state index contributed by atoms with van der Waals surface area (Å²) < 4.78 is 10.6. The maximum Gasteiger partial charge on any atom is 0.337 e. The Morgan fingerprint density at radius 3 is 3.00 bits per heavy atom. The average Bonchev–Trinajstić information content (AvgIpc) is 3.02. The zero-order valence-corrected chi connectivity index (χ0v) is 13.4. The fourth-order valence-corrected chi connectivity index (χ4v) is 3.71. The second-order valence-electron chi connectivity index (χ2n) is 6.60. The molecule has 0 spiro atoms. The zero-order chi connectivity index (χ0) is 16.7. The normalized spacial score (nSPS) is 25.1. The van der Waals surface area contributed by atoms with E-state index in [1.54, 1.807) is 18.2 Å². The highest BCUT2D eigenvalue weighted by molar-refractivity contribution is 6.06. The maximum absolute atomic E-state index is 12.5. The van der Waals surface area contributed by atoms with Crippen LogP contribution in [-0.4, -0.2) is 47.9 Å². The molecule has 24 heavy (non-hydrogen) atoms. The predicted molar refractivity (Wildman–Crippen MR) is 85.8 cm³/mol. The van der Waals surface area contributed by atoms with Gasteiger partial charge in [-0.25, -0.2) is 4.79 Å². The zero-order valence-electron chi connectivity index (χ0n) is 13.4. The van der Waals surface area contributed by atoms with Crippen molar-refractivity contribution in [3.05, 3.63) is 29.5 Å². The van der Waals surface area contributed by atoms with Crippen molar-refractivity contribution in [1.82, 2.24) is 15.5 Å². The number of carbonyl (C=O) groups is 2. The molecule has 2 aliphatic heterocycles. The largest absolute Gasteiger partial charge is 0.465 e. The summed E-state index contributed by atoms with van der Waals surface area (Å²) in [5, 5.41) is 10.4. The van der Waals surface area contributed by atoms with Crippen LogP contribution in [0.5, 0.6) is 0 Å². The monoisotopic (exact) mass is 329 g/mol. The van der Waals surface area contributed by atoms with Gasteiger partial charge >= 0.3 is 5.97 Å². The van der Waals surface area contributed by atoms with Gasteiger partial charge in [0, 0.05) is 18.5 Å². The van der Waals surface area contributed by atoms with E-state index in [1.165, 1.54) is 7.11 Å². The van der Waals surface area contributed by atoms with Crippen LogP contribution in [0.2, 0.25) is 0 Å². The number of benzene rings is 1. The fourth-order valence-electron chi connectivity index (χ4n) is 3.71. The van der Waals surface area contributed by atoms with E-state index in [-0.39, 0.29) is 17.2 Å². The number of rotatable bonds is 4. The molecule has 1 aromatic heterocycles. The number of carbonyl (C=O) groups excluding carboxylic acids is 2. The molecular weight excluding hydrogens is 310 g/mol. The number of ether oxygens (including phenoxy) is 2. The van der Waals surface area contributed by atoms with Crippen LogP contribution in [0.4, 0.5) is 0 Å². The van der Waals surface area contributed by atoms with E-state index in [2.05, 4.69) is 15.5 Å². The predicted octanol–water partition coefficient (Wildman–Crippen LogP) is 1.65. The summed E-state index contributed by atoms with van der Waals surface area (Å²) in [4.78, 5) is 24.2. The topological polar surface area (TPSA) is 93.3 Å². The Kier molecular flexibility index (Phi) is 3.53. The first kappa shape index (κ1) is 15.1. The maximum atomic E-state index is 12.5. The van der Waals surface area contributed by atoms with Gasteiger partial charge in [0.15, 0.2) is 5.69 Å². The quantitative estimate of drug-likeness (QED) is 0.832. The molecule has 0 atom stereocenters.